The van der Waals surface area contributed by atoms with Gasteiger partial charge in [-0.3, -0.25) is 19.4 Å². The van der Waals surface area contributed by atoms with Crippen molar-refractivity contribution in [3.63, 3.8) is 0 Å². The van der Waals surface area contributed by atoms with Crippen LogP contribution in [0.25, 0.3) is 0 Å². The maximum absolute atomic E-state index is 12.4. The lowest BCUT2D eigenvalue weighted by molar-refractivity contribution is -0.158. The molecule has 0 aliphatic carbocycles. The van der Waals surface area contributed by atoms with Crippen LogP contribution in [0.1, 0.15) is 34.6 Å². The Hall–Kier alpha value is -0.940. The molecule has 0 spiro atoms. The normalized spacial score (nSPS) is 20.7. The van der Waals surface area contributed by atoms with Gasteiger partial charge in [-0.1, -0.05) is 0 Å². The maximum atomic E-state index is 12.4. The molecule has 0 aromatic heterocycles. The summed E-state index contributed by atoms with van der Waals surface area (Å²) >= 11 is 0. The second-order valence-electron chi connectivity index (χ2n) is 6.71. The van der Waals surface area contributed by atoms with Gasteiger partial charge < -0.3 is 4.74 Å². The fourth-order valence-electron chi connectivity index (χ4n) is 2.30. The average Bonchev–Trinajstić information content (AvgIpc) is 2.33. The molecule has 0 amide bonds. The SMILES string of the molecule is CCOC(=O)C(C)(C)C(=O)CN1CCN(C)C(C)(C)C1. The summed E-state index contributed by atoms with van der Waals surface area (Å²) in [7, 11) is 2.10. The van der Waals surface area contributed by atoms with Crippen molar-refractivity contribution in [3.05, 3.63) is 0 Å². The molecular weight excluding hydrogens is 256 g/mol. The van der Waals surface area contributed by atoms with Gasteiger partial charge in [-0.15, -0.1) is 0 Å². The Morgan fingerprint density at radius 1 is 1.25 bits per heavy atom. The minimum absolute atomic E-state index is 0.0482. The van der Waals surface area contributed by atoms with Gasteiger partial charge in [0, 0.05) is 25.2 Å². The quantitative estimate of drug-likeness (QED) is 0.560. The van der Waals surface area contributed by atoms with Crippen LogP contribution >= 0.6 is 0 Å². The number of ketones is 1. The highest BCUT2D eigenvalue weighted by Gasteiger charge is 2.39. The van der Waals surface area contributed by atoms with Crippen LogP contribution in [0.2, 0.25) is 0 Å². The zero-order valence-electron chi connectivity index (χ0n) is 13.7. The second-order valence-corrected chi connectivity index (χ2v) is 6.71. The summed E-state index contributed by atoms with van der Waals surface area (Å²) in [5, 5.41) is 0. The third-order valence-electron chi connectivity index (χ3n) is 4.25. The number of piperazine rings is 1. The van der Waals surface area contributed by atoms with E-state index < -0.39 is 11.4 Å². The molecule has 5 heteroatoms. The summed E-state index contributed by atoms with van der Waals surface area (Å²) < 4.78 is 4.99. The molecule has 0 N–H and O–H groups in total. The van der Waals surface area contributed by atoms with Crippen molar-refractivity contribution in [2.75, 3.05) is 39.8 Å². The predicted octanol–water partition coefficient (Wildman–Crippen LogP) is 1.17. The molecule has 1 aliphatic heterocycles. The highest BCUT2D eigenvalue weighted by atomic mass is 16.5. The first-order valence-electron chi connectivity index (χ1n) is 7.25. The van der Waals surface area contributed by atoms with E-state index >= 15 is 0 Å². The number of nitrogens with zero attached hydrogens (tertiary/aromatic N) is 2. The van der Waals surface area contributed by atoms with E-state index in [9.17, 15) is 9.59 Å². The van der Waals surface area contributed by atoms with Gasteiger partial charge in [0.1, 0.15) is 5.41 Å². The minimum atomic E-state index is -1.07. The van der Waals surface area contributed by atoms with Gasteiger partial charge in [-0.25, -0.2) is 0 Å². The van der Waals surface area contributed by atoms with Crippen LogP contribution in [0.3, 0.4) is 0 Å². The van der Waals surface area contributed by atoms with Crippen molar-refractivity contribution >= 4 is 11.8 Å². The van der Waals surface area contributed by atoms with Crippen molar-refractivity contribution in [1.29, 1.82) is 0 Å². The van der Waals surface area contributed by atoms with E-state index in [4.69, 9.17) is 4.74 Å². The van der Waals surface area contributed by atoms with Crippen molar-refractivity contribution in [1.82, 2.24) is 9.80 Å². The van der Waals surface area contributed by atoms with E-state index in [1.54, 1.807) is 20.8 Å². The number of likely N-dealkylation sites (N-methyl/N-ethyl adjacent to an activating group) is 1. The molecule has 1 fully saturated rings. The lowest BCUT2D eigenvalue weighted by Crippen LogP contribution is -2.59. The van der Waals surface area contributed by atoms with Gasteiger partial charge in [-0.05, 0) is 41.7 Å². The Labute approximate surface area is 122 Å². The van der Waals surface area contributed by atoms with Crippen molar-refractivity contribution in [2.45, 2.75) is 40.2 Å². The molecule has 1 aliphatic rings. The highest BCUT2D eigenvalue weighted by Crippen LogP contribution is 2.23. The molecule has 0 radical (unpaired) electrons. The molecule has 1 rings (SSSR count). The monoisotopic (exact) mass is 284 g/mol. The van der Waals surface area contributed by atoms with Gasteiger partial charge in [0.15, 0.2) is 5.78 Å². The van der Waals surface area contributed by atoms with E-state index in [-0.39, 0.29) is 11.3 Å². The van der Waals surface area contributed by atoms with Crippen LogP contribution in [0.5, 0.6) is 0 Å². The number of rotatable bonds is 5. The van der Waals surface area contributed by atoms with Crippen molar-refractivity contribution in [2.24, 2.45) is 5.41 Å². The molecule has 20 heavy (non-hydrogen) atoms. The summed E-state index contributed by atoms with van der Waals surface area (Å²) in [4.78, 5) is 28.7. The first kappa shape index (κ1) is 17.1. The summed E-state index contributed by atoms with van der Waals surface area (Å²) in [5.74, 6) is -0.505. The molecule has 0 aromatic carbocycles. The Bertz CT molecular complexity index is 377. The lowest BCUT2D eigenvalue weighted by atomic mass is 9.87. The van der Waals surface area contributed by atoms with Gasteiger partial charge >= 0.3 is 5.97 Å². The molecule has 0 atom stereocenters. The number of ether oxygens (including phenoxy) is 1. The standard InChI is InChI=1S/C15H28N2O3/c1-7-20-13(19)15(4,5)12(18)10-17-9-8-16(6)14(2,3)11-17/h7-11H2,1-6H3. The Balaban J connectivity index is 2.65. The molecule has 0 unspecified atom stereocenters. The number of hydrogen-bond donors (Lipinski definition) is 0. The van der Waals surface area contributed by atoms with Gasteiger partial charge in [0.25, 0.3) is 0 Å². The van der Waals surface area contributed by atoms with E-state index in [1.165, 1.54) is 0 Å². The molecule has 0 aromatic rings. The summed E-state index contributed by atoms with van der Waals surface area (Å²) in [6, 6.07) is 0. The second kappa shape index (κ2) is 6.22. The highest BCUT2D eigenvalue weighted by molar-refractivity contribution is 6.03. The zero-order valence-corrected chi connectivity index (χ0v) is 13.7. The number of esters is 1. The topological polar surface area (TPSA) is 49.9 Å². The van der Waals surface area contributed by atoms with Crippen LogP contribution < -0.4 is 0 Å². The Kier molecular flexibility index (Phi) is 5.33. The molecule has 5 nitrogen and oxygen atoms in total. The first-order valence-corrected chi connectivity index (χ1v) is 7.25. The van der Waals surface area contributed by atoms with Crippen LogP contribution in [0.15, 0.2) is 0 Å². The molecule has 1 saturated heterocycles. The number of hydrogen-bond acceptors (Lipinski definition) is 5. The van der Waals surface area contributed by atoms with E-state index in [0.29, 0.717) is 13.2 Å². The molecule has 116 valence electrons. The number of Topliss-reactive ketones (excluding diaryl/α,β-unsaturated/α-hetero) is 1. The third-order valence-corrected chi connectivity index (χ3v) is 4.25. The van der Waals surface area contributed by atoms with Crippen LogP contribution in [-0.2, 0) is 14.3 Å². The Morgan fingerprint density at radius 3 is 2.35 bits per heavy atom. The average molecular weight is 284 g/mol. The Morgan fingerprint density at radius 2 is 1.85 bits per heavy atom. The summed E-state index contributed by atoms with van der Waals surface area (Å²) in [6.45, 7) is 12.6. The fourth-order valence-corrected chi connectivity index (χ4v) is 2.30. The lowest BCUT2D eigenvalue weighted by Gasteiger charge is -2.45. The third kappa shape index (κ3) is 3.79. The van der Waals surface area contributed by atoms with Gasteiger partial charge in [0.05, 0.1) is 13.2 Å². The first-order chi connectivity index (χ1) is 9.11. The van der Waals surface area contributed by atoms with Gasteiger partial charge in [0.2, 0.25) is 0 Å². The molecule has 1 heterocycles. The van der Waals surface area contributed by atoms with Crippen molar-refractivity contribution in [3.8, 4) is 0 Å². The summed E-state index contributed by atoms with van der Waals surface area (Å²) in [6.07, 6.45) is 0. The van der Waals surface area contributed by atoms with E-state index in [0.717, 1.165) is 19.6 Å². The molecular formula is C15H28N2O3. The van der Waals surface area contributed by atoms with Crippen molar-refractivity contribution < 1.29 is 14.3 Å². The summed E-state index contributed by atoms with van der Waals surface area (Å²) in [5.41, 5.74) is -1.02. The van der Waals surface area contributed by atoms with Crippen LogP contribution in [-0.4, -0.2) is 66.9 Å². The minimum Gasteiger partial charge on any atom is -0.465 e. The smallest absolute Gasteiger partial charge is 0.319 e. The molecule has 0 bridgehead atoms. The zero-order chi connectivity index (χ0) is 15.6. The van der Waals surface area contributed by atoms with E-state index in [2.05, 4.69) is 30.7 Å². The largest absolute Gasteiger partial charge is 0.465 e. The number of carbonyl (C=O) groups is 2. The maximum Gasteiger partial charge on any atom is 0.319 e. The van der Waals surface area contributed by atoms with Crippen LogP contribution in [0, 0.1) is 5.41 Å². The van der Waals surface area contributed by atoms with Crippen LogP contribution in [0.4, 0.5) is 0 Å². The number of carbonyl (C=O) groups excluding carboxylic acids is 2. The van der Waals surface area contributed by atoms with Gasteiger partial charge in [-0.2, -0.15) is 0 Å². The fraction of sp³-hybridized carbons (Fsp3) is 0.867. The van der Waals surface area contributed by atoms with E-state index in [1.807, 2.05) is 0 Å². The predicted molar refractivity (Wildman–Crippen MR) is 78.6 cm³/mol. The molecule has 0 saturated carbocycles.